The van der Waals surface area contributed by atoms with Crippen LogP contribution in [0.5, 0.6) is 0 Å². The molecule has 0 spiro atoms. The molecule has 2 heterocycles. The Morgan fingerprint density at radius 2 is 2.44 bits per heavy atom. The van der Waals surface area contributed by atoms with Crippen molar-refractivity contribution in [2.24, 2.45) is 5.73 Å². The van der Waals surface area contributed by atoms with Crippen LogP contribution < -0.4 is 5.73 Å². The van der Waals surface area contributed by atoms with Crippen LogP contribution in [0.2, 0.25) is 0 Å². The highest BCUT2D eigenvalue weighted by Gasteiger charge is 2.51. The lowest BCUT2D eigenvalue weighted by atomic mass is 10.0. The second-order valence-corrected chi connectivity index (χ2v) is 5.60. The van der Waals surface area contributed by atoms with Gasteiger partial charge < -0.3 is 10.8 Å². The Labute approximate surface area is 101 Å². The first kappa shape index (κ1) is 11.8. The van der Waals surface area contributed by atoms with E-state index in [9.17, 15) is 9.59 Å². The lowest BCUT2D eigenvalue weighted by Gasteiger charge is -2.48. The molecule has 2 aliphatic rings. The van der Waals surface area contributed by atoms with E-state index in [1.165, 1.54) is 16.7 Å². The lowest BCUT2D eigenvalue weighted by molar-refractivity contribution is -0.147. The summed E-state index contributed by atoms with van der Waals surface area (Å²) in [5.74, 6) is -0.0341. The fourth-order valence-corrected chi connectivity index (χ4v) is 3.87. The number of β-lactam (4-membered cyclic amide) rings is 1. The van der Waals surface area contributed by atoms with Gasteiger partial charge in [0.1, 0.15) is 17.1 Å². The van der Waals surface area contributed by atoms with E-state index >= 15 is 0 Å². The summed E-state index contributed by atoms with van der Waals surface area (Å²) in [6.07, 6.45) is 1.91. The fraction of sp³-hybridized carbons (Fsp3) is 0.556. The maximum absolute atomic E-state index is 11.5. The molecule has 2 atom stereocenters. The van der Waals surface area contributed by atoms with Gasteiger partial charge >= 0.3 is 5.97 Å². The Kier molecular flexibility index (Phi) is 3.18. The van der Waals surface area contributed by atoms with Crippen molar-refractivity contribution in [1.82, 2.24) is 4.90 Å². The summed E-state index contributed by atoms with van der Waals surface area (Å²) in [7, 11) is 0. The van der Waals surface area contributed by atoms with Crippen LogP contribution in [0.4, 0.5) is 0 Å². The molecule has 7 heteroatoms. The predicted octanol–water partition coefficient (Wildman–Crippen LogP) is -0.0695. The highest BCUT2D eigenvalue weighted by molar-refractivity contribution is 8.00. The first-order valence-corrected chi connectivity index (χ1v) is 7.16. The van der Waals surface area contributed by atoms with Gasteiger partial charge in [0.15, 0.2) is 0 Å². The third-order valence-electron chi connectivity index (χ3n) is 2.61. The number of hydrogen-bond donors (Lipinski definition) is 2. The Bertz CT molecular complexity index is 383. The van der Waals surface area contributed by atoms with Gasteiger partial charge in [-0.3, -0.25) is 9.69 Å². The Morgan fingerprint density at radius 1 is 1.75 bits per heavy atom. The van der Waals surface area contributed by atoms with E-state index in [0.29, 0.717) is 11.5 Å². The number of aliphatic carboxylic acids is 1. The van der Waals surface area contributed by atoms with Gasteiger partial charge in [-0.2, -0.15) is 11.8 Å². The molecule has 0 radical (unpaired) electrons. The number of carboxylic acids is 1. The van der Waals surface area contributed by atoms with Gasteiger partial charge in [-0.15, -0.1) is 11.8 Å². The van der Waals surface area contributed by atoms with Gasteiger partial charge in [0.05, 0.1) is 0 Å². The van der Waals surface area contributed by atoms with Crippen LogP contribution in [0.3, 0.4) is 0 Å². The molecule has 3 N–H and O–H groups in total. The average Bonchev–Trinajstić information content (AvgIpc) is 2.27. The highest BCUT2D eigenvalue weighted by atomic mass is 32.2. The number of carbonyl (C=O) groups is 2. The minimum atomic E-state index is -1.03. The molecule has 0 unspecified atom stereocenters. The zero-order valence-corrected chi connectivity index (χ0v) is 10.3. The van der Waals surface area contributed by atoms with Crippen molar-refractivity contribution in [2.75, 3.05) is 17.8 Å². The van der Waals surface area contributed by atoms with Crippen molar-refractivity contribution in [3.05, 3.63) is 11.3 Å². The zero-order valence-electron chi connectivity index (χ0n) is 8.67. The van der Waals surface area contributed by atoms with Crippen LogP contribution in [0.1, 0.15) is 0 Å². The van der Waals surface area contributed by atoms with Gasteiger partial charge in [-0.1, -0.05) is 0 Å². The van der Waals surface area contributed by atoms with Gasteiger partial charge in [-0.25, -0.2) is 4.79 Å². The van der Waals surface area contributed by atoms with Crippen molar-refractivity contribution in [2.45, 2.75) is 11.4 Å². The third-order valence-corrected chi connectivity index (χ3v) is 4.61. The Hall–Kier alpha value is -0.660. The summed E-state index contributed by atoms with van der Waals surface area (Å²) in [6.45, 7) is 0. The molecule has 0 aromatic rings. The number of carbonyl (C=O) groups excluding carboxylic acids is 1. The maximum Gasteiger partial charge on any atom is 0.352 e. The minimum absolute atomic E-state index is 0.143. The molecule has 1 saturated heterocycles. The van der Waals surface area contributed by atoms with Gasteiger partial charge in [-0.05, 0) is 11.8 Å². The fourth-order valence-electron chi connectivity index (χ4n) is 1.87. The standard InChI is InChI=1S/C9H12N2O3S2/c1-15-2-4-3-16-8-5(10)7(12)11(8)6(4)9(13)14/h5,8H,2-3,10H2,1H3,(H,13,14)/t5-,8-/m1/s1. The molecule has 0 aromatic carbocycles. The topological polar surface area (TPSA) is 83.6 Å². The number of nitrogens with two attached hydrogens (primary N) is 1. The molecule has 88 valence electrons. The number of thioether (sulfide) groups is 2. The Morgan fingerprint density at radius 3 is 3.00 bits per heavy atom. The summed E-state index contributed by atoms with van der Waals surface area (Å²) in [5.41, 5.74) is 6.58. The molecule has 0 aliphatic carbocycles. The molecule has 1 fully saturated rings. The van der Waals surface area contributed by atoms with E-state index in [4.69, 9.17) is 10.8 Å². The summed E-state index contributed by atoms with van der Waals surface area (Å²) in [4.78, 5) is 24.0. The molecule has 2 rings (SSSR count). The summed E-state index contributed by atoms with van der Waals surface area (Å²) in [5, 5.41) is 8.96. The van der Waals surface area contributed by atoms with Gasteiger partial charge in [0.25, 0.3) is 0 Å². The molecule has 0 bridgehead atoms. The second-order valence-electron chi connectivity index (χ2n) is 3.63. The molecule has 0 aromatic heterocycles. The van der Waals surface area contributed by atoms with E-state index < -0.39 is 12.0 Å². The zero-order chi connectivity index (χ0) is 11.9. The van der Waals surface area contributed by atoms with E-state index in [0.717, 1.165) is 5.57 Å². The number of nitrogens with zero attached hydrogens (tertiary/aromatic N) is 1. The minimum Gasteiger partial charge on any atom is -0.477 e. The van der Waals surface area contributed by atoms with Crippen molar-refractivity contribution >= 4 is 35.4 Å². The summed E-state index contributed by atoms with van der Waals surface area (Å²) >= 11 is 3.09. The first-order chi connectivity index (χ1) is 7.57. The van der Waals surface area contributed by atoms with Crippen molar-refractivity contribution in [1.29, 1.82) is 0 Å². The highest BCUT2D eigenvalue weighted by Crippen LogP contribution is 2.39. The quantitative estimate of drug-likeness (QED) is 0.691. The van der Waals surface area contributed by atoms with Crippen LogP contribution in [-0.2, 0) is 9.59 Å². The monoisotopic (exact) mass is 260 g/mol. The number of fused-ring (bicyclic) bond motifs is 1. The van der Waals surface area contributed by atoms with Crippen LogP contribution in [0.15, 0.2) is 11.3 Å². The smallest absolute Gasteiger partial charge is 0.352 e. The van der Waals surface area contributed by atoms with Gasteiger partial charge in [0, 0.05) is 11.5 Å². The van der Waals surface area contributed by atoms with Gasteiger partial charge in [0.2, 0.25) is 5.91 Å². The molecule has 0 saturated carbocycles. The SMILES string of the molecule is CSCC1=C(C(=O)O)N2C(=O)[C@@H](N)[C@H]2SC1. The first-order valence-electron chi connectivity index (χ1n) is 4.72. The normalized spacial score (nSPS) is 28.9. The predicted molar refractivity (Wildman–Crippen MR) is 64.1 cm³/mol. The summed E-state index contributed by atoms with van der Waals surface area (Å²) < 4.78 is 0. The second kappa shape index (κ2) is 4.31. The van der Waals surface area contributed by atoms with Crippen LogP contribution in [0.25, 0.3) is 0 Å². The van der Waals surface area contributed by atoms with E-state index in [1.807, 2.05) is 6.26 Å². The van der Waals surface area contributed by atoms with Crippen molar-refractivity contribution in [3.63, 3.8) is 0 Å². The largest absolute Gasteiger partial charge is 0.477 e. The van der Waals surface area contributed by atoms with E-state index in [-0.39, 0.29) is 17.0 Å². The van der Waals surface area contributed by atoms with Crippen LogP contribution in [-0.4, -0.2) is 51.1 Å². The Balaban J connectivity index is 2.34. The van der Waals surface area contributed by atoms with Crippen LogP contribution in [0, 0.1) is 0 Å². The number of carboxylic acid groups (broad SMARTS) is 1. The lowest BCUT2D eigenvalue weighted by Crippen LogP contribution is -2.68. The van der Waals surface area contributed by atoms with E-state index in [2.05, 4.69) is 0 Å². The molecular weight excluding hydrogens is 248 g/mol. The average molecular weight is 260 g/mol. The maximum atomic E-state index is 11.5. The molecule has 16 heavy (non-hydrogen) atoms. The molecule has 1 amide bonds. The molecule has 2 aliphatic heterocycles. The third kappa shape index (κ3) is 1.63. The van der Waals surface area contributed by atoms with Crippen molar-refractivity contribution in [3.8, 4) is 0 Å². The molecule has 5 nitrogen and oxygen atoms in total. The molecular formula is C9H12N2O3S2. The number of rotatable bonds is 3. The van der Waals surface area contributed by atoms with E-state index in [1.54, 1.807) is 11.8 Å². The number of hydrogen-bond acceptors (Lipinski definition) is 5. The summed E-state index contributed by atoms with van der Waals surface area (Å²) in [6, 6.07) is -0.546. The van der Waals surface area contributed by atoms with Crippen LogP contribution >= 0.6 is 23.5 Å². The van der Waals surface area contributed by atoms with Crippen molar-refractivity contribution < 1.29 is 14.7 Å². The number of amides is 1.